The summed E-state index contributed by atoms with van der Waals surface area (Å²) in [5.74, 6) is 1.75. The Hall–Kier alpha value is -1.55. The van der Waals surface area contributed by atoms with Crippen molar-refractivity contribution in [2.45, 2.75) is 26.2 Å². The van der Waals surface area contributed by atoms with Crippen molar-refractivity contribution < 1.29 is 14.3 Å². The maximum atomic E-state index is 11.9. The summed E-state index contributed by atoms with van der Waals surface area (Å²) >= 11 is 0. The minimum absolute atomic E-state index is 0.0641. The number of hydrogen-bond donors (Lipinski definition) is 1. The highest BCUT2D eigenvalue weighted by atomic mass is 16.5. The molecule has 0 saturated heterocycles. The number of carbonyl (C=O) groups excluding carboxylic acids is 1. The smallest absolute Gasteiger partial charge is 0.163 e. The van der Waals surface area contributed by atoms with Crippen molar-refractivity contribution in [2.24, 2.45) is 5.73 Å². The molecule has 4 heteroatoms. The Morgan fingerprint density at radius 3 is 2.50 bits per heavy atom. The van der Waals surface area contributed by atoms with Crippen molar-refractivity contribution in [2.75, 3.05) is 19.8 Å². The lowest BCUT2D eigenvalue weighted by atomic mass is 9.91. The van der Waals surface area contributed by atoms with Gasteiger partial charge >= 0.3 is 0 Å². The second-order valence-electron chi connectivity index (χ2n) is 4.76. The van der Waals surface area contributed by atoms with Crippen LogP contribution in [-0.4, -0.2) is 25.5 Å². The zero-order valence-electron chi connectivity index (χ0n) is 10.5. The van der Waals surface area contributed by atoms with Gasteiger partial charge in [-0.2, -0.15) is 0 Å². The molecule has 4 nitrogen and oxygen atoms in total. The minimum atomic E-state index is 0.0641. The van der Waals surface area contributed by atoms with Crippen LogP contribution in [-0.2, 0) is 19.3 Å². The van der Waals surface area contributed by atoms with Crippen molar-refractivity contribution in [3.05, 3.63) is 22.3 Å². The van der Waals surface area contributed by atoms with E-state index in [1.807, 2.05) is 0 Å². The predicted molar refractivity (Wildman–Crippen MR) is 67.6 cm³/mol. The lowest BCUT2D eigenvalue weighted by Crippen LogP contribution is -2.09. The van der Waals surface area contributed by atoms with Gasteiger partial charge in [-0.05, 0) is 19.9 Å². The summed E-state index contributed by atoms with van der Waals surface area (Å²) in [6.45, 7) is 3.48. The molecule has 0 saturated carbocycles. The third-order valence-corrected chi connectivity index (χ3v) is 3.66. The average Bonchev–Trinajstić information content (AvgIpc) is 2.96. The summed E-state index contributed by atoms with van der Waals surface area (Å²) in [6.07, 6.45) is 2.42. The van der Waals surface area contributed by atoms with Gasteiger partial charge in [0, 0.05) is 29.5 Å². The summed E-state index contributed by atoms with van der Waals surface area (Å²) in [5.41, 5.74) is 9.72. The van der Waals surface area contributed by atoms with E-state index in [4.69, 9.17) is 15.2 Å². The van der Waals surface area contributed by atoms with E-state index in [9.17, 15) is 4.79 Å². The Labute approximate surface area is 106 Å². The molecule has 18 heavy (non-hydrogen) atoms. The average molecular weight is 247 g/mol. The first-order valence-electron chi connectivity index (χ1n) is 6.41. The Kier molecular flexibility index (Phi) is 2.74. The van der Waals surface area contributed by atoms with Crippen LogP contribution in [0.3, 0.4) is 0 Å². The summed E-state index contributed by atoms with van der Waals surface area (Å²) in [7, 11) is 0. The molecule has 3 rings (SSSR count). The number of fused-ring (bicyclic) bond motifs is 2. The highest BCUT2D eigenvalue weighted by molar-refractivity contribution is 6.00. The Balaban J connectivity index is 2.28. The molecule has 0 aromatic heterocycles. The molecule has 1 aromatic carbocycles. The first-order valence-corrected chi connectivity index (χ1v) is 6.41. The first-order chi connectivity index (χ1) is 8.74. The predicted octanol–water partition coefficient (Wildman–Crippen LogP) is 1.26. The van der Waals surface area contributed by atoms with Gasteiger partial charge in [0.1, 0.15) is 11.5 Å². The fraction of sp³-hybridized carbons (Fsp3) is 0.500. The van der Waals surface area contributed by atoms with E-state index in [1.165, 1.54) is 0 Å². The Bertz CT molecular complexity index is 487. The number of benzene rings is 1. The van der Waals surface area contributed by atoms with Crippen LogP contribution >= 0.6 is 0 Å². The number of hydrogen-bond acceptors (Lipinski definition) is 4. The van der Waals surface area contributed by atoms with Crippen LogP contribution in [0.15, 0.2) is 0 Å². The number of ketones is 1. The van der Waals surface area contributed by atoms with Crippen LogP contribution < -0.4 is 15.2 Å². The lowest BCUT2D eigenvalue weighted by molar-refractivity contribution is 0.101. The fourth-order valence-corrected chi connectivity index (χ4v) is 2.99. The van der Waals surface area contributed by atoms with Gasteiger partial charge in [0.25, 0.3) is 0 Å². The van der Waals surface area contributed by atoms with Crippen molar-refractivity contribution >= 4 is 5.78 Å². The summed E-state index contributed by atoms with van der Waals surface area (Å²) in [4.78, 5) is 11.9. The van der Waals surface area contributed by atoms with E-state index in [1.54, 1.807) is 6.92 Å². The molecular formula is C14H17NO3. The second kappa shape index (κ2) is 4.28. The Morgan fingerprint density at radius 2 is 1.83 bits per heavy atom. The largest absolute Gasteiger partial charge is 0.493 e. The zero-order chi connectivity index (χ0) is 12.7. The van der Waals surface area contributed by atoms with Gasteiger partial charge in [0.15, 0.2) is 5.78 Å². The van der Waals surface area contributed by atoms with Crippen molar-refractivity contribution in [1.82, 2.24) is 0 Å². The molecule has 0 atom stereocenters. The fourth-order valence-electron chi connectivity index (χ4n) is 2.99. The summed E-state index contributed by atoms with van der Waals surface area (Å²) in [5, 5.41) is 0. The number of nitrogens with two attached hydrogens (primary N) is 1. The zero-order valence-corrected chi connectivity index (χ0v) is 10.5. The standard InChI is InChI=1S/C14H17NO3/c1-8(16)12-11-4-7-17-13(11)9(2-5-15)10-3-6-18-14(10)12/h2-7,15H2,1H3. The Morgan fingerprint density at radius 1 is 1.17 bits per heavy atom. The minimum Gasteiger partial charge on any atom is -0.493 e. The number of ether oxygens (including phenoxy) is 2. The quantitative estimate of drug-likeness (QED) is 0.817. The van der Waals surface area contributed by atoms with E-state index < -0.39 is 0 Å². The van der Waals surface area contributed by atoms with Crippen LogP contribution in [0.2, 0.25) is 0 Å². The van der Waals surface area contributed by atoms with Gasteiger partial charge in [-0.1, -0.05) is 0 Å². The van der Waals surface area contributed by atoms with Crippen LogP contribution in [0, 0.1) is 0 Å². The third kappa shape index (κ3) is 1.52. The van der Waals surface area contributed by atoms with Gasteiger partial charge < -0.3 is 15.2 Å². The number of Topliss-reactive ketones (excluding diaryl/α,β-unsaturated/α-hetero) is 1. The molecule has 2 heterocycles. The topological polar surface area (TPSA) is 61.6 Å². The summed E-state index contributed by atoms with van der Waals surface area (Å²) < 4.78 is 11.4. The van der Waals surface area contributed by atoms with Gasteiger partial charge in [0.2, 0.25) is 0 Å². The first kappa shape index (κ1) is 11.5. The molecule has 0 spiro atoms. The molecule has 1 aromatic rings. The second-order valence-corrected chi connectivity index (χ2v) is 4.76. The SMILES string of the molecule is CC(=O)c1c2c(c(CCN)c3c1OCC3)OCC2. The van der Waals surface area contributed by atoms with E-state index in [2.05, 4.69) is 0 Å². The van der Waals surface area contributed by atoms with Crippen molar-refractivity contribution in [3.8, 4) is 11.5 Å². The van der Waals surface area contributed by atoms with Crippen LogP contribution in [0.25, 0.3) is 0 Å². The molecule has 96 valence electrons. The monoisotopic (exact) mass is 247 g/mol. The third-order valence-electron chi connectivity index (χ3n) is 3.66. The molecule has 2 aliphatic rings. The highest BCUT2D eigenvalue weighted by Gasteiger charge is 2.32. The molecule has 2 aliphatic heterocycles. The lowest BCUT2D eigenvalue weighted by Gasteiger charge is -2.15. The molecule has 0 unspecified atom stereocenters. The van der Waals surface area contributed by atoms with Crippen molar-refractivity contribution in [3.63, 3.8) is 0 Å². The van der Waals surface area contributed by atoms with Gasteiger partial charge in [-0.15, -0.1) is 0 Å². The molecule has 0 amide bonds. The van der Waals surface area contributed by atoms with E-state index in [0.29, 0.717) is 19.8 Å². The van der Waals surface area contributed by atoms with E-state index in [-0.39, 0.29) is 5.78 Å². The van der Waals surface area contributed by atoms with Crippen molar-refractivity contribution in [1.29, 1.82) is 0 Å². The van der Waals surface area contributed by atoms with Gasteiger partial charge in [0.05, 0.1) is 18.8 Å². The molecule has 0 radical (unpaired) electrons. The van der Waals surface area contributed by atoms with Crippen LogP contribution in [0.1, 0.15) is 34.0 Å². The van der Waals surface area contributed by atoms with Crippen LogP contribution in [0.4, 0.5) is 0 Å². The molecule has 0 aliphatic carbocycles. The number of rotatable bonds is 3. The van der Waals surface area contributed by atoms with Crippen LogP contribution in [0.5, 0.6) is 11.5 Å². The maximum absolute atomic E-state index is 11.9. The molecule has 0 fully saturated rings. The highest BCUT2D eigenvalue weighted by Crippen LogP contribution is 2.44. The van der Waals surface area contributed by atoms with E-state index >= 15 is 0 Å². The summed E-state index contributed by atoms with van der Waals surface area (Å²) in [6, 6.07) is 0. The van der Waals surface area contributed by atoms with Gasteiger partial charge in [-0.3, -0.25) is 4.79 Å². The van der Waals surface area contributed by atoms with Gasteiger partial charge in [-0.25, -0.2) is 0 Å². The number of carbonyl (C=O) groups is 1. The van der Waals surface area contributed by atoms with E-state index in [0.717, 1.165) is 53.0 Å². The maximum Gasteiger partial charge on any atom is 0.163 e. The molecule has 2 N–H and O–H groups in total. The molecule has 0 bridgehead atoms. The molecular weight excluding hydrogens is 230 g/mol. The normalized spacial score (nSPS) is 15.9.